The van der Waals surface area contributed by atoms with Crippen LogP contribution in [0.15, 0.2) is 18.2 Å². The number of carbonyl (C=O) groups is 2. The molecule has 0 aliphatic heterocycles. The zero-order valence-electron chi connectivity index (χ0n) is 7.07. The molecule has 68 valence electrons. The van der Waals surface area contributed by atoms with Crippen LogP contribution in [0.2, 0.25) is 0 Å². The van der Waals surface area contributed by atoms with Gasteiger partial charge in [-0.25, -0.2) is 0 Å². The first-order valence-corrected chi connectivity index (χ1v) is 3.69. The Hall–Kier alpha value is -1.84. The Labute approximate surface area is 75.2 Å². The van der Waals surface area contributed by atoms with Crippen molar-refractivity contribution in [2.75, 3.05) is 7.05 Å². The Morgan fingerprint density at radius 2 is 2.23 bits per heavy atom. The normalized spacial score (nSPS) is 9.31. The number of aldehydes is 1. The standard InChI is InChI=1S/C9H9NO3/c1-10-9(13)6-2-3-8(12)7(4-6)5-11/h2-5,12H,1H3,(H,10,13). The highest BCUT2D eigenvalue weighted by Gasteiger charge is 2.06. The van der Waals surface area contributed by atoms with E-state index < -0.39 is 0 Å². The van der Waals surface area contributed by atoms with Crippen LogP contribution in [0.5, 0.6) is 5.75 Å². The first-order valence-electron chi connectivity index (χ1n) is 3.69. The van der Waals surface area contributed by atoms with Crippen molar-refractivity contribution in [3.8, 4) is 5.75 Å². The SMILES string of the molecule is CNC(=O)c1ccc(O)c(C=O)c1. The van der Waals surface area contributed by atoms with Crippen molar-refractivity contribution in [1.82, 2.24) is 5.32 Å². The molecule has 0 saturated heterocycles. The number of amides is 1. The Balaban J connectivity index is 3.13. The first kappa shape index (κ1) is 9.25. The van der Waals surface area contributed by atoms with Crippen LogP contribution in [0.1, 0.15) is 20.7 Å². The molecule has 0 aliphatic rings. The van der Waals surface area contributed by atoms with Crippen LogP contribution in [-0.2, 0) is 0 Å². The predicted molar refractivity (Wildman–Crippen MR) is 46.9 cm³/mol. The predicted octanol–water partition coefficient (Wildman–Crippen LogP) is 0.564. The lowest BCUT2D eigenvalue weighted by atomic mass is 10.1. The van der Waals surface area contributed by atoms with Gasteiger partial charge in [0.2, 0.25) is 0 Å². The third-order valence-electron chi connectivity index (χ3n) is 1.64. The number of phenols is 1. The molecule has 0 saturated carbocycles. The molecule has 4 heteroatoms. The number of hydrogen-bond donors (Lipinski definition) is 2. The maximum Gasteiger partial charge on any atom is 0.251 e. The molecule has 0 fully saturated rings. The molecule has 13 heavy (non-hydrogen) atoms. The maximum absolute atomic E-state index is 11.1. The summed E-state index contributed by atoms with van der Waals surface area (Å²) in [6.07, 6.45) is 0.502. The van der Waals surface area contributed by atoms with Gasteiger partial charge in [0, 0.05) is 12.6 Å². The molecule has 0 aliphatic carbocycles. The number of aromatic hydroxyl groups is 1. The second kappa shape index (κ2) is 3.71. The van der Waals surface area contributed by atoms with E-state index in [4.69, 9.17) is 5.11 Å². The fourth-order valence-corrected chi connectivity index (χ4v) is 0.934. The third-order valence-corrected chi connectivity index (χ3v) is 1.64. The number of benzene rings is 1. The molecule has 0 aromatic heterocycles. The summed E-state index contributed by atoms with van der Waals surface area (Å²) in [5.41, 5.74) is 0.462. The van der Waals surface area contributed by atoms with Gasteiger partial charge in [0.05, 0.1) is 5.56 Å². The molecular weight excluding hydrogens is 170 g/mol. The summed E-state index contributed by atoms with van der Waals surface area (Å²) < 4.78 is 0. The van der Waals surface area contributed by atoms with Crippen LogP contribution in [0.3, 0.4) is 0 Å². The van der Waals surface area contributed by atoms with Gasteiger partial charge in [0.1, 0.15) is 5.75 Å². The summed E-state index contributed by atoms with van der Waals surface area (Å²) >= 11 is 0. The van der Waals surface area contributed by atoms with Gasteiger partial charge in [-0.15, -0.1) is 0 Å². The van der Waals surface area contributed by atoms with Gasteiger partial charge in [-0.1, -0.05) is 0 Å². The summed E-state index contributed by atoms with van der Waals surface area (Å²) in [5.74, 6) is -0.411. The van der Waals surface area contributed by atoms with Gasteiger partial charge in [-0.3, -0.25) is 9.59 Å². The largest absolute Gasteiger partial charge is 0.507 e. The van der Waals surface area contributed by atoms with E-state index in [1.54, 1.807) is 0 Å². The minimum Gasteiger partial charge on any atom is -0.507 e. The molecule has 0 heterocycles. The van der Waals surface area contributed by atoms with Crippen molar-refractivity contribution in [2.24, 2.45) is 0 Å². The minimum atomic E-state index is -0.289. The molecule has 1 aromatic carbocycles. The second-order valence-corrected chi connectivity index (χ2v) is 2.47. The van der Waals surface area contributed by atoms with Crippen LogP contribution in [-0.4, -0.2) is 24.3 Å². The van der Waals surface area contributed by atoms with E-state index in [9.17, 15) is 9.59 Å². The summed E-state index contributed by atoms with van der Waals surface area (Å²) in [6.45, 7) is 0. The van der Waals surface area contributed by atoms with Crippen molar-refractivity contribution >= 4 is 12.2 Å². The van der Waals surface area contributed by atoms with E-state index in [1.165, 1.54) is 25.2 Å². The molecule has 4 nitrogen and oxygen atoms in total. The number of rotatable bonds is 2. The van der Waals surface area contributed by atoms with E-state index in [2.05, 4.69) is 5.32 Å². The molecule has 1 aromatic rings. The zero-order chi connectivity index (χ0) is 9.84. The van der Waals surface area contributed by atoms with Crippen LogP contribution in [0.25, 0.3) is 0 Å². The van der Waals surface area contributed by atoms with Crippen molar-refractivity contribution in [3.63, 3.8) is 0 Å². The Morgan fingerprint density at radius 1 is 1.54 bits per heavy atom. The lowest BCUT2D eigenvalue weighted by molar-refractivity contribution is 0.0963. The van der Waals surface area contributed by atoms with E-state index >= 15 is 0 Å². The number of nitrogens with one attached hydrogen (secondary N) is 1. The average molecular weight is 179 g/mol. The quantitative estimate of drug-likeness (QED) is 0.652. The summed E-state index contributed by atoms with van der Waals surface area (Å²) in [7, 11) is 1.50. The number of carbonyl (C=O) groups excluding carboxylic acids is 2. The van der Waals surface area contributed by atoms with Gasteiger partial charge < -0.3 is 10.4 Å². The smallest absolute Gasteiger partial charge is 0.251 e. The van der Waals surface area contributed by atoms with Crippen LogP contribution in [0, 0.1) is 0 Å². The Morgan fingerprint density at radius 3 is 2.77 bits per heavy atom. The molecule has 2 N–H and O–H groups in total. The monoisotopic (exact) mass is 179 g/mol. The van der Waals surface area contributed by atoms with Crippen molar-refractivity contribution in [3.05, 3.63) is 29.3 Å². The molecule has 0 bridgehead atoms. The molecule has 1 rings (SSSR count). The van der Waals surface area contributed by atoms with Gasteiger partial charge in [-0.2, -0.15) is 0 Å². The molecular formula is C9H9NO3. The number of hydrogen-bond acceptors (Lipinski definition) is 3. The molecule has 0 atom stereocenters. The summed E-state index contributed by atoms with van der Waals surface area (Å²) in [5, 5.41) is 11.5. The summed E-state index contributed by atoms with van der Waals surface area (Å²) in [6, 6.07) is 4.09. The molecule has 1 amide bonds. The maximum atomic E-state index is 11.1. The average Bonchev–Trinajstić information content (AvgIpc) is 2.17. The topological polar surface area (TPSA) is 66.4 Å². The number of phenolic OH excluding ortho intramolecular Hbond substituents is 1. The second-order valence-electron chi connectivity index (χ2n) is 2.47. The minimum absolute atomic E-state index is 0.112. The lowest BCUT2D eigenvalue weighted by Gasteiger charge is -2.01. The van der Waals surface area contributed by atoms with E-state index in [0.717, 1.165) is 0 Å². The van der Waals surface area contributed by atoms with Gasteiger partial charge in [-0.05, 0) is 18.2 Å². The van der Waals surface area contributed by atoms with Gasteiger partial charge >= 0.3 is 0 Å². The molecule has 0 spiro atoms. The Kier molecular flexibility index (Phi) is 2.64. The van der Waals surface area contributed by atoms with E-state index in [-0.39, 0.29) is 17.2 Å². The van der Waals surface area contributed by atoms with E-state index in [0.29, 0.717) is 11.8 Å². The lowest BCUT2D eigenvalue weighted by Crippen LogP contribution is -2.17. The van der Waals surface area contributed by atoms with Gasteiger partial charge in [0.25, 0.3) is 5.91 Å². The first-order chi connectivity index (χ1) is 6.19. The fraction of sp³-hybridized carbons (Fsp3) is 0.111. The highest BCUT2D eigenvalue weighted by atomic mass is 16.3. The fourth-order valence-electron chi connectivity index (χ4n) is 0.934. The van der Waals surface area contributed by atoms with Crippen molar-refractivity contribution in [1.29, 1.82) is 0 Å². The highest BCUT2D eigenvalue weighted by molar-refractivity contribution is 5.96. The Bertz CT molecular complexity index is 347. The zero-order valence-corrected chi connectivity index (χ0v) is 7.07. The van der Waals surface area contributed by atoms with Crippen LogP contribution >= 0.6 is 0 Å². The van der Waals surface area contributed by atoms with Crippen molar-refractivity contribution < 1.29 is 14.7 Å². The van der Waals surface area contributed by atoms with Gasteiger partial charge in [0.15, 0.2) is 6.29 Å². The molecule has 0 radical (unpaired) electrons. The third kappa shape index (κ3) is 1.84. The van der Waals surface area contributed by atoms with Crippen LogP contribution in [0.4, 0.5) is 0 Å². The van der Waals surface area contributed by atoms with E-state index in [1.807, 2.05) is 0 Å². The summed E-state index contributed by atoms with van der Waals surface area (Å²) in [4.78, 5) is 21.5. The van der Waals surface area contributed by atoms with Crippen molar-refractivity contribution in [2.45, 2.75) is 0 Å². The van der Waals surface area contributed by atoms with Crippen LogP contribution < -0.4 is 5.32 Å². The highest BCUT2D eigenvalue weighted by Crippen LogP contribution is 2.15. The molecule has 0 unspecified atom stereocenters.